The van der Waals surface area contributed by atoms with E-state index in [-0.39, 0.29) is 35.8 Å². The first-order chi connectivity index (χ1) is 13.3. The molecule has 0 saturated carbocycles. The van der Waals surface area contributed by atoms with Crippen molar-refractivity contribution < 1.29 is 8.42 Å². The molecular weight excluding hydrogens is 499 g/mol. The molecule has 0 bridgehead atoms. The number of sulfone groups is 1. The van der Waals surface area contributed by atoms with Crippen molar-refractivity contribution in [2.24, 2.45) is 4.99 Å². The summed E-state index contributed by atoms with van der Waals surface area (Å²) in [7, 11) is -1.21. The lowest BCUT2D eigenvalue weighted by Crippen LogP contribution is -2.42. The number of guanidine groups is 1. The number of benzene rings is 1. The van der Waals surface area contributed by atoms with Gasteiger partial charge in [0.1, 0.15) is 9.84 Å². The Morgan fingerprint density at radius 2 is 1.97 bits per heavy atom. The molecule has 1 fully saturated rings. The molecule has 2 unspecified atom stereocenters. The Bertz CT molecular complexity index is 755. The molecule has 6 nitrogen and oxygen atoms in total. The molecule has 166 valence electrons. The molecule has 1 aliphatic rings. The molecule has 0 spiro atoms. The standard InChI is InChI=1S/C21H36N4O2S.HI/c1-17(12-14-28(4,26)27)24-21(22-3)23-15-19-10-5-6-11-20(19)16-25-13-8-7-9-18(25)2;/h5-6,10-11,17-18H,7-9,12-16H2,1-4H3,(H2,22,23,24);1H. The average molecular weight is 537 g/mol. The number of likely N-dealkylation sites (tertiary alicyclic amines) is 1. The third-order valence-electron chi connectivity index (χ3n) is 5.41. The van der Waals surface area contributed by atoms with E-state index in [1.165, 1.54) is 43.2 Å². The van der Waals surface area contributed by atoms with Gasteiger partial charge >= 0.3 is 0 Å². The third kappa shape index (κ3) is 9.65. The van der Waals surface area contributed by atoms with Gasteiger partial charge in [-0.1, -0.05) is 30.7 Å². The minimum Gasteiger partial charge on any atom is -0.354 e. The molecule has 1 saturated heterocycles. The van der Waals surface area contributed by atoms with Gasteiger partial charge in [0.2, 0.25) is 0 Å². The second kappa shape index (κ2) is 12.7. The summed E-state index contributed by atoms with van der Waals surface area (Å²) in [4.78, 5) is 6.85. The highest BCUT2D eigenvalue weighted by Gasteiger charge is 2.19. The zero-order valence-electron chi connectivity index (χ0n) is 18.1. The molecule has 0 radical (unpaired) electrons. The molecular formula is C21H37IN4O2S. The molecule has 0 aromatic heterocycles. The summed E-state index contributed by atoms with van der Waals surface area (Å²) >= 11 is 0. The van der Waals surface area contributed by atoms with Crippen molar-refractivity contribution in [2.75, 3.05) is 25.6 Å². The average Bonchev–Trinajstić information content (AvgIpc) is 2.65. The van der Waals surface area contributed by atoms with Crippen LogP contribution in [0.1, 0.15) is 50.7 Å². The Morgan fingerprint density at radius 1 is 1.28 bits per heavy atom. The van der Waals surface area contributed by atoms with Gasteiger partial charge in [-0.15, -0.1) is 24.0 Å². The van der Waals surface area contributed by atoms with E-state index in [0.717, 1.165) is 6.54 Å². The fourth-order valence-corrected chi connectivity index (χ4v) is 4.35. The smallest absolute Gasteiger partial charge is 0.191 e. The van der Waals surface area contributed by atoms with Gasteiger partial charge in [0.05, 0.1) is 5.75 Å². The van der Waals surface area contributed by atoms with Crippen LogP contribution in [0.4, 0.5) is 0 Å². The number of halogens is 1. The lowest BCUT2D eigenvalue weighted by molar-refractivity contribution is 0.152. The largest absolute Gasteiger partial charge is 0.354 e. The van der Waals surface area contributed by atoms with Crippen LogP contribution in [0.15, 0.2) is 29.3 Å². The summed E-state index contributed by atoms with van der Waals surface area (Å²) in [5.41, 5.74) is 2.62. The SMILES string of the molecule is CN=C(NCc1ccccc1CN1CCCCC1C)NC(C)CCS(C)(=O)=O.I. The molecule has 1 heterocycles. The normalized spacial score (nSPS) is 19.3. The van der Waals surface area contributed by atoms with Crippen LogP contribution in [0.25, 0.3) is 0 Å². The Labute approximate surface area is 193 Å². The highest BCUT2D eigenvalue weighted by atomic mass is 127. The van der Waals surface area contributed by atoms with Gasteiger partial charge in [0.15, 0.2) is 5.96 Å². The topological polar surface area (TPSA) is 73.8 Å². The molecule has 0 aliphatic carbocycles. The van der Waals surface area contributed by atoms with E-state index in [9.17, 15) is 8.42 Å². The van der Waals surface area contributed by atoms with Crippen LogP contribution in [0.5, 0.6) is 0 Å². The Hall–Kier alpha value is -0.870. The molecule has 2 atom stereocenters. The van der Waals surface area contributed by atoms with Crippen molar-refractivity contribution in [1.29, 1.82) is 0 Å². The molecule has 1 aromatic rings. The van der Waals surface area contributed by atoms with E-state index in [1.807, 2.05) is 6.92 Å². The van der Waals surface area contributed by atoms with E-state index < -0.39 is 9.84 Å². The fourth-order valence-electron chi connectivity index (χ4n) is 3.57. The highest BCUT2D eigenvalue weighted by molar-refractivity contribution is 14.0. The van der Waals surface area contributed by atoms with E-state index in [1.54, 1.807) is 7.05 Å². The highest BCUT2D eigenvalue weighted by Crippen LogP contribution is 2.20. The maximum Gasteiger partial charge on any atom is 0.191 e. The summed E-state index contributed by atoms with van der Waals surface area (Å²) in [5, 5.41) is 6.65. The third-order valence-corrected chi connectivity index (χ3v) is 6.38. The van der Waals surface area contributed by atoms with Gasteiger partial charge in [-0.3, -0.25) is 9.89 Å². The first-order valence-electron chi connectivity index (χ1n) is 10.2. The van der Waals surface area contributed by atoms with E-state index in [4.69, 9.17) is 0 Å². The van der Waals surface area contributed by atoms with Crippen LogP contribution in [-0.4, -0.2) is 57.0 Å². The van der Waals surface area contributed by atoms with Gasteiger partial charge < -0.3 is 10.6 Å². The molecule has 8 heteroatoms. The number of nitrogens with zero attached hydrogens (tertiary/aromatic N) is 2. The fraction of sp³-hybridized carbons (Fsp3) is 0.667. The summed E-state index contributed by atoms with van der Waals surface area (Å²) in [6.45, 7) is 7.14. The van der Waals surface area contributed by atoms with Crippen LogP contribution >= 0.6 is 24.0 Å². The van der Waals surface area contributed by atoms with Crippen LogP contribution in [0, 0.1) is 0 Å². The van der Waals surface area contributed by atoms with Crippen LogP contribution in [0.2, 0.25) is 0 Å². The van der Waals surface area contributed by atoms with Gasteiger partial charge in [0, 0.05) is 38.5 Å². The van der Waals surface area contributed by atoms with Crippen molar-refractivity contribution in [3.05, 3.63) is 35.4 Å². The van der Waals surface area contributed by atoms with Crippen molar-refractivity contribution in [2.45, 2.75) is 64.7 Å². The minimum atomic E-state index is -2.95. The zero-order chi connectivity index (χ0) is 20.6. The number of piperidine rings is 1. The summed E-state index contributed by atoms with van der Waals surface area (Å²) in [5.74, 6) is 0.872. The maximum atomic E-state index is 11.3. The molecule has 1 aromatic carbocycles. The number of rotatable bonds is 8. The summed E-state index contributed by atoms with van der Waals surface area (Å²) < 4.78 is 22.7. The first kappa shape index (κ1) is 26.2. The Kier molecular flexibility index (Phi) is 11.5. The van der Waals surface area contributed by atoms with E-state index in [0.29, 0.717) is 25.0 Å². The molecule has 0 amide bonds. The lowest BCUT2D eigenvalue weighted by atomic mass is 10.0. The molecule has 2 N–H and O–H groups in total. The minimum absolute atomic E-state index is 0. The number of hydrogen-bond donors (Lipinski definition) is 2. The molecule has 1 aliphatic heterocycles. The van der Waals surface area contributed by atoms with Crippen LogP contribution in [-0.2, 0) is 22.9 Å². The van der Waals surface area contributed by atoms with Crippen molar-refractivity contribution >= 4 is 39.8 Å². The van der Waals surface area contributed by atoms with Crippen LogP contribution in [0.3, 0.4) is 0 Å². The first-order valence-corrected chi connectivity index (χ1v) is 12.3. The summed E-state index contributed by atoms with van der Waals surface area (Å²) in [6, 6.07) is 9.23. The van der Waals surface area contributed by atoms with Crippen molar-refractivity contribution in [1.82, 2.24) is 15.5 Å². The van der Waals surface area contributed by atoms with E-state index >= 15 is 0 Å². The second-order valence-electron chi connectivity index (χ2n) is 7.97. The van der Waals surface area contributed by atoms with Gasteiger partial charge in [-0.05, 0) is 50.8 Å². The predicted octanol–water partition coefficient (Wildman–Crippen LogP) is 3.17. The predicted molar refractivity (Wildman–Crippen MR) is 133 cm³/mol. The van der Waals surface area contributed by atoms with Crippen LogP contribution < -0.4 is 10.6 Å². The van der Waals surface area contributed by atoms with Crippen molar-refractivity contribution in [3.8, 4) is 0 Å². The summed E-state index contributed by atoms with van der Waals surface area (Å²) in [6.07, 6.45) is 5.73. The number of aliphatic imine (C=N–C) groups is 1. The lowest BCUT2D eigenvalue weighted by Gasteiger charge is -2.33. The maximum absolute atomic E-state index is 11.3. The second-order valence-corrected chi connectivity index (χ2v) is 10.2. The van der Waals surface area contributed by atoms with E-state index in [2.05, 4.69) is 51.7 Å². The van der Waals surface area contributed by atoms with Crippen molar-refractivity contribution in [3.63, 3.8) is 0 Å². The quantitative estimate of drug-likeness (QED) is 0.304. The molecule has 29 heavy (non-hydrogen) atoms. The Morgan fingerprint density at radius 3 is 2.59 bits per heavy atom. The number of hydrogen-bond acceptors (Lipinski definition) is 4. The number of nitrogens with one attached hydrogen (secondary N) is 2. The Balaban J connectivity index is 0.00000420. The monoisotopic (exact) mass is 536 g/mol. The van der Waals surface area contributed by atoms with Gasteiger partial charge in [-0.25, -0.2) is 8.42 Å². The van der Waals surface area contributed by atoms with Gasteiger partial charge in [0.25, 0.3) is 0 Å². The molecule has 2 rings (SSSR count). The van der Waals surface area contributed by atoms with Gasteiger partial charge in [-0.2, -0.15) is 0 Å². The zero-order valence-corrected chi connectivity index (χ0v) is 21.3.